The Bertz CT molecular complexity index is 2360. The minimum absolute atomic E-state index is 0.0321. The molecule has 1 aliphatic carbocycles. The maximum Gasteiger partial charge on any atom is 0.316 e. The molecule has 6 atom stereocenters. The molecule has 3 aromatic rings. The number of aromatic amines is 3. The molecule has 64 heavy (non-hydrogen) atoms. The SMILES string of the molecule is CCc1c2[nH]c(c1C)/C=C1\N/C(=C3\c4[nH]c(c(C)c4[C@H](O)[C@@H]3C(=O)OC)/C=c3\[nH]/c(c(C)c3CC)=C\2)[C@@H](CCC(=O)OC/C=C(\C)CCC[C@@H](C)CCC[C@H](C)CCCC(C)C)[C@@H]1C. The Labute approximate surface area is 383 Å². The average molecular weight is 877 g/mol. The van der Waals surface area contributed by atoms with Crippen molar-refractivity contribution in [1.29, 1.82) is 0 Å². The van der Waals surface area contributed by atoms with Gasteiger partial charge in [0, 0.05) is 68.6 Å². The minimum atomic E-state index is -1.10. The van der Waals surface area contributed by atoms with Crippen molar-refractivity contribution >= 4 is 35.7 Å². The van der Waals surface area contributed by atoms with E-state index in [2.05, 4.69) is 114 Å². The second kappa shape index (κ2) is 21.7. The number of aromatic nitrogens is 3. The molecular formula is C55H80N4O5. The molecular weight excluding hydrogens is 797 g/mol. The molecule has 9 heteroatoms. The van der Waals surface area contributed by atoms with Crippen LogP contribution < -0.4 is 16.0 Å². The molecule has 2 aliphatic heterocycles. The van der Waals surface area contributed by atoms with Gasteiger partial charge in [0.2, 0.25) is 0 Å². The van der Waals surface area contributed by atoms with E-state index in [0.29, 0.717) is 17.6 Å². The van der Waals surface area contributed by atoms with Crippen LogP contribution in [0.3, 0.4) is 0 Å². The lowest BCUT2D eigenvalue weighted by Gasteiger charge is -2.21. The quantitative estimate of drug-likeness (QED) is 0.0567. The third-order valence-electron chi connectivity index (χ3n) is 15.0. The Morgan fingerprint density at radius 2 is 1.42 bits per heavy atom. The number of nitrogens with one attached hydrogen (secondary N) is 4. The zero-order chi connectivity index (χ0) is 46.4. The zero-order valence-corrected chi connectivity index (χ0v) is 41.3. The Morgan fingerprint density at radius 3 is 2.08 bits per heavy atom. The Hall–Kier alpha value is -4.50. The van der Waals surface area contributed by atoms with Crippen molar-refractivity contribution in [3.63, 3.8) is 0 Å². The van der Waals surface area contributed by atoms with Gasteiger partial charge in [0.1, 0.15) is 12.5 Å². The fourth-order valence-corrected chi connectivity index (χ4v) is 10.8. The molecule has 5 heterocycles. The summed E-state index contributed by atoms with van der Waals surface area (Å²) >= 11 is 0. The molecule has 0 saturated carbocycles. The third kappa shape index (κ3) is 10.8. The highest BCUT2D eigenvalue weighted by Crippen LogP contribution is 2.52. The molecule has 0 aromatic carbocycles. The van der Waals surface area contributed by atoms with Gasteiger partial charge in [-0.2, -0.15) is 0 Å². The van der Waals surface area contributed by atoms with Gasteiger partial charge in [0.25, 0.3) is 0 Å². The van der Waals surface area contributed by atoms with Gasteiger partial charge < -0.3 is 34.8 Å². The fraction of sp³-hybridized carbons (Fsp3) is 0.600. The molecule has 5 N–H and O–H groups in total. The van der Waals surface area contributed by atoms with Crippen LogP contribution in [0.15, 0.2) is 23.0 Å². The van der Waals surface area contributed by atoms with Crippen LogP contribution in [0, 0.1) is 56.3 Å². The van der Waals surface area contributed by atoms with Crippen LogP contribution in [0.2, 0.25) is 0 Å². The van der Waals surface area contributed by atoms with Crippen LogP contribution in [0.4, 0.5) is 0 Å². The van der Waals surface area contributed by atoms with E-state index >= 15 is 0 Å². The summed E-state index contributed by atoms with van der Waals surface area (Å²) in [4.78, 5) is 38.3. The number of carbonyl (C=O) groups excluding carboxylic acids is 2. The number of allylic oxidation sites excluding steroid dienone is 3. The van der Waals surface area contributed by atoms with Crippen LogP contribution in [-0.4, -0.2) is 45.7 Å². The summed E-state index contributed by atoms with van der Waals surface area (Å²) in [6.45, 7) is 24.7. The summed E-state index contributed by atoms with van der Waals surface area (Å²) in [7, 11) is 1.37. The van der Waals surface area contributed by atoms with Crippen molar-refractivity contribution in [3.8, 4) is 0 Å². The van der Waals surface area contributed by atoms with Crippen LogP contribution in [0.1, 0.15) is 188 Å². The number of aliphatic hydroxyl groups excluding tert-OH is 1. The lowest BCUT2D eigenvalue weighted by atomic mass is 9.84. The molecule has 8 bridgehead atoms. The third-order valence-corrected chi connectivity index (χ3v) is 15.0. The predicted octanol–water partition coefficient (Wildman–Crippen LogP) is 10.8. The van der Waals surface area contributed by atoms with Gasteiger partial charge in [-0.25, -0.2) is 0 Å². The molecule has 0 unspecified atom stereocenters. The number of esters is 2. The van der Waals surface area contributed by atoms with E-state index in [0.717, 1.165) is 93.9 Å². The number of aliphatic hydroxyl groups is 1. The van der Waals surface area contributed by atoms with Gasteiger partial charge in [0.15, 0.2) is 0 Å². The lowest BCUT2D eigenvalue weighted by molar-refractivity contribution is -0.146. The highest BCUT2D eigenvalue weighted by Gasteiger charge is 2.48. The second-order valence-corrected chi connectivity index (χ2v) is 20.1. The summed E-state index contributed by atoms with van der Waals surface area (Å²) in [6, 6.07) is 0. The highest BCUT2D eigenvalue weighted by atomic mass is 16.5. The minimum Gasteiger partial charge on any atom is -0.468 e. The van der Waals surface area contributed by atoms with Crippen LogP contribution in [0.5, 0.6) is 0 Å². The number of methoxy groups -OCH3 is 1. The lowest BCUT2D eigenvalue weighted by Crippen LogP contribution is -2.24. The number of rotatable bonds is 20. The molecule has 0 radical (unpaired) electrons. The van der Waals surface area contributed by atoms with Gasteiger partial charge in [-0.3, -0.25) is 9.59 Å². The monoisotopic (exact) mass is 877 g/mol. The first-order valence-corrected chi connectivity index (χ1v) is 24.7. The van der Waals surface area contributed by atoms with Gasteiger partial charge >= 0.3 is 11.9 Å². The van der Waals surface area contributed by atoms with Crippen LogP contribution in [0.25, 0.3) is 23.8 Å². The molecule has 3 aromatic heterocycles. The number of hydrogen-bond acceptors (Lipinski definition) is 6. The van der Waals surface area contributed by atoms with E-state index in [4.69, 9.17) is 9.47 Å². The number of ether oxygens (including phenoxy) is 2. The van der Waals surface area contributed by atoms with Crippen molar-refractivity contribution in [3.05, 3.63) is 89.9 Å². The highest BCUT2D eigenvalue weighted by molar-refractivity contribution is 5.95. The first-order valence-electron chi connectivity index (χ1n) is 24.7. The summed E-state index contributed by atoms with van der Waals surface area (Å²) in [6.07, 6.45) is 21.4. The Balaban J connectivity index is 1.21. The van der Waals surface area contributed by atoms with Crippen LogP contribution in [-0.2, 0) is 31.9 Å². The predicted molar refractivity (Wildman–Crippen MR) is 262 cm³/mol. The van der Waals surface area contributed by atoms with Crippen LogP contribution >= 0.6 is 0 Å². The molecule has 1 fully saturated rings. The van der Waals surface area contributed by atoms with E-state index in [1.54, 1.807) is 0 Å². The van der Waals surface area contributed by atoms with Gasteiger partial charge in [-0.1, -0.05) is 99.0 Å². The molecule has 3 aliphatic rings. The molecule has 0 spiro atoms. The van der Waals surface area contributed by atoms with Gasteiger partial charge in [-0.05, 0) is 130 Å². The summed E-state index contributed by atoms with van der Waals surface area (Å²) in [5.41, 5.74) is 14.0. The van der Waals surface area contributed by atoms with E-state index < -0.39 is 18.0 Å². The maximum atomic E-state index is 13.7. The smallest absolute Gasteiger partial charge is 0.316 e. The molecule has 6 rings (SSSR count). The molecule has 1 saturated heterocycles. The Kier molecular flexibility index (Phi) is 16.6. The average Bonchev–Trinajstić information content (AvgIpc) is 3.99. The number of fused-ring (bicyclic) bond motifs is 7. The summed E-state index contributed by atoms with van der Waals surface area (Å²) < 4.78 is 11.2. The van der Waals surface area contributed by atoms with Crippen molar-refractivity contribution in [2.45, 2.75) is 166 Å². The van der Waals surface area contributed by atoms with E-state index in [-0.39, 0.29) is 30.8 Å². The zero-order valence-electron chi connectivity index (χ0n) is 41.3. The standard InChI is InChI=1S/C55H80N4O5/c1-13-39-35(8)42-28-44-37(10)41(24-25-48(60)64-27-26-34(7)23-17-22-33(6)21-16-20-32(5)19-15-18-31(3)4)52(58-44)50-51(55(62)63-12)54(61)49-38(11)45(59-53(49)50)30-47-40(14-2)36(9)43(57-47)29-46(39)56-42/h26,28-33,37,41,51,54,56-59,61H,13-25,27H2,1-12H3/b34-26+,43-29-,44-28-,47-30-,52-50-/t32-,33+,37+,41+,51-,54+/m1/s1. The summed E-state index contributed by atoms with van der Waals surface area (Å²) in [5, 5.41) is 17.9. The maximum absolute atomic E-state index is 13.7. The fourth-order valence-electron chi connectivity index (χ4n) is 10.8. The van der Waals surface area contributed by atoms with E-state index in [9.17, 15) is 14.7 Å². The number of H-pyrrole nitrogens is 3. The number of hydrogen-bond donors (Lipinski definition) is 5. The van der Waals surface area contributed by atoms with E-state index in [1.807, 2.05) is 6.92 Å². The van der Waals surface area contributed by atoms with Gasteiger partial charge in [-0.15, -0.1) is 0 Å². The number of carbonyl (C=O) groups is 2. The van der Waals surface area contributed by atoms with Gasteiger partial charge in [0.05, 0.1) is 18.9 Å². The van der Waals surface area contributed by atoms with Crippen molar-refractivity contribution in [2.75, 3.05) is 13.7 Å². The molecule has 9 nitrogen and oxygen atoms in total. The first kappa shape index (κ1) is 48.9. The molecule has 0 amide bonds. The topological polar surface area (TPSA) is 132 Å². The second-order valence-electron chi connectivity index (χ2n) is 20.1. The van der Waals surface area contributed by atoms with Crippen molar-refractivity contribution in [2.24, 2.45) is 35.5 Å². The Morgan fingerprint density at radius 1 is 0.781 bits per heavy atom. The van der Waals surface area contributed by atoms with Crippen molar-refractivity contribution < 1.29 is 24.2 Å². The largest absolute Gasteiger partial charge is 0.468 e. The van der Waals surface area contributed by atoms with Crippen molar-refractivity contribution in [1.82, 2.24) is 20.3 Å². The van der Waals surface area contributed by atoms with E-state index in [1.165, 1.54) is 79.9 Å². The first-order chi connectivity index (χ1) is 30.6. The summed E-state index contributed by atoms with van der Waals surface area (Å²) in [5.74, 6) is 0.494. The normalized spacial score (nSPS) is 23.2. The molecule has 350 valence electrons.